The van der Waals surface area contributed by atoms with Crippen LogP contribution in [0.4, 0.5) is 0 Å². The quantitative estimate of drug-likeness (QED) is 0.761. The molecule has 1 aromatic heterocycles. The minimum atomic E-state index is 0.528. The van der Waals surface area contributed by atoms with Gasteiger partial charge in [0.05, 0.1) is 13.2 Å². The molecule has 0 bridgehead atoms. The largest absolute Gasteiger partial charge is 0.477 e. The first-order chi connectivity index (χ1) is 7.36. The Labute approximate surface area is 90.4 Å². The maximum Gasteiger partial charge on any atom is 0.216 e. The molecule has 0 N–H and O–H groups in total. The summed E-state index contributed by atoms with van der Waals surface area (Å²) >= 11 is 0. The summed E-state index contributed by atoms with van der Waals surface area (Å²) < 4.78 is 11.1. The molecule has 1 atom stereocenters. The van der Waals surface area contributed by atoms with Gasteiger partial charge in [0, 0.05) is 24.3 Å². The molecule has 1 aromatic rings. The zero-order chi connectivity index (χ0) is 10.5. The second kappa shape index (κ2) is 5.12. The van der Waals surface area contributed by atoms with Crippen LogP contribution in [0, 0.1) is 12.8 Å². The highest BCUT2D eigenvalue weighted by molar-refractivity contribution is 5.23. The van der Waals surface area contributed by atoms with Crippen LogP contribution >= 0.6 is 0 Å². The van der Waals surface area contributed by atoms with Gasteiger partial charge in [-0.05, 0) is 25.8 Å². The second-order valence-corrected chi connectivity index (χ2v) is 4.02. The van der Waals surface area contributed by atoms with Crippen molar-refractivity contribution in [2.45, 2.75) is 19.8 Å². The van der Waals surface area contributed by atoms with Crippen LogP contribution in [-0.2, 0) is 4.74 Å². The van der Waals surface area contributed by atoms with E-state index in [9.17, 15) is 0 Å². The SMILES string of the molecule is Cc1cccnc1OC[C@H]1CCCOC1. The molecular formula is C12H17NO2. The smallest absolute Gasteiger partial charge is 0.216 e. The number of hydrogen-bond donors (Lipinski definition) is 0. The molecular weight excluding hydrogens is 190 g/mol. The van der Waals surface area contributed by atoms with Crippen LogP contribution in [0.25, 0.3) is 0 Å². The van der Waals surface area contributed by atoms with Crippen LogP contribution in [-0.4, -0.2) is 24.8 Å². The van der Waals surface area contributed by atoms with Crippen LogP contribution in [0.15, 0.2) is 18.3 Å². The summed E-state index contributed by atoms with van der Waals surface area (Å²) in [7, 11) is 0. The maximum absolute atomic E-state index is 5.69. The normalized spacial score (nSPS) is 21.3. The molecule has 1 aliphatic rings. The number of pyridine rings is 1. The Kier molecular flexibility index (Phi) is 3.56. The lowest BCUT2D eigenvalue weighted by molar-refractivity contribution is 0.0343. The molecule has 0 saturated carbocycles. The molecule has 0 aromatic carbocycles. The van der Waals surface area contributed by atoms with Crippen LogP contribution < -0.4 is 4.74 Å². The van der Waals surface area contributed by atoms with Crippen LogP contribution in [0.2, 0.25) is 0 Å². The van der Waals surface area contributed by atoms with Crippen molar-refractivity contribution in [2.75, 3.05) is 19.8 Å². The number of aryl methyl sites for hydroxylation is 1. The van der Waals surface area contributed by atoms with Gasteiger partial charge in [-0.2, -0.15) is 0 Å². The Morgan fingerprint density at radius 3 is 3.27 bits per heavy atom. The van der Waals surface area contributed by atoms with Gasteiger partial charge in [-0.15, -0.1) is 0 Å². The van der Waals surface area contributed by atoms with Crippen molar-refractivity contribution in [1.82, 2.24) is 4.98 Å². The standard InChI is InChI=1S/C12H17NO2/c1-10-4-2-6-13-12(10)15-9-11-5-3-7-14-8-11/h2,4,6,11H,3,5,7-9H2,1H3/t11-/m0/s1. The topological polar surface area (TPSA) is 31.4 Å². The lowest BCUT2D eigenvalue weighted by atomic mass is 10.0. The predicted molar refractivity (Wildman–Crippen MR) is 58.0 cm³/mol. The average Bonchev–Trinajstić information content (AvgIpc) is 2.29. The van der Waals surface area contributed by atoms with E-state index >= 15 is 0 Å². The minimum Gasteiger partial charge on any atom is -0.477 e. The van der Waals surface area contributed by atoms with E-state index in [0.717, 1.165) is 37.7 Å². The van der Waals surface area contributed by atoms with Gasteiger partial charge in [0.1, 0.15) is 0 Å². The molecule has 3 heteroatoms. The van der Waals surface area contributed by atoms with E-state index in [1.165, 1.54) is 6.42 Å². The Morgan fingerprint density at radius 2 is 2.53 bits per heavy atom. The second-order valence-electron chi connectivity index (χ2n) is 4.02. The van der Waals surface area contributed by atoms with Crippen molar-refractivity contribution in [3.05, 3.63) is 23.9 Å². The summed E-state index contributed by atoms with van der Waals surface area (Å²) in [6.45, 7) is 4.46. The van der Waals surface area contributed by atoms with Crippen molar-refractivity contribution < 1.29 is 9.47 Å². The summed E-state index contributed by atoms with van der Waals surface area (Å²) in [5.74, 6) is 1.28. The zero-order valence-electron chi connectivity index (χ0n) is 9.11. The van der Waals surface area contributed by atoms with E-state index in [2.05, 4.69) is 4.98 Å². The van der Waals surface area contributed by atoms with Gasteiger partial charge >= 0.3 is 0 Å². The summed E-state index contributed by atoms with van der Waals surface area (Å²) in [6, 6.07) is 3.94. The fourth-order valence-corrected chi connectivity index (χ4v) is 1.76. The molecule has 2 rings (SSSR count). The number of hydrogen-bond acceptors (Lipinski definition) is 3. The molecule has 0 unspecified atom stereocenters. The molecule has 3 nitrogen and oxygen atoms in total. The van der Waals surface area contributed by atoms with Crippen molar-refractivity contribution in [1.29, 1.82) is 0 Å². The van der Waals surface area contributed by atoms with E-state index in [0.29, 0.717) is 5.92 Å². The highest BCUT2D eigenvalue weighted by Gasteiger charge is 2.14. The molecule has 0 aliphatic carbocycles. The van der Waals surface area contributed by atoms with E-state index in [1.54, 1.807) is 6.20 Å². The highest BCUT2D eigenvalue weighted by Crippen LogP contribution is 2.17. The molecule has 0 amide bonds. The molecule has 15 heavy (non-hydrogen) atoms. The highest BCUT2D eigenvalue weighted by atomic mass is 16.5. The molecule has 1 fully saturated rings. The van der Waals surface area contributed by atoms with Crippen molar-refractivity contribution >= 4 is 0 Å². The van der Waals surface area contributed by atoms with Crippen LogP contribution in [0.5, 0.6) is 5.88 Å². The first kappa shape index (κ1) is 10.4. The molecule has 0 spiro atoms. The molecule has 82 valence electrons. The lowest BCUT2D eigenvalue weighted by Gasteiger charge is -2.22. The number of nitrogens with zero attached hydrogens (tertiary/aromatic N) is 1. The summed E-state index contributed by atoms with van der Waals surface area (Å²) in [6.07, 6.45) is 4.11. The Bertz CT molecular complexity index is 308. The van der Waals surface area contributed by atoms with E-state index in [-0.39, 0.29) is 0 Å². The number of ether oxygens (including phenoxy) is 2. The fourth-order valence-electron chi connectivity index (χ4n) is 1.76. The molecule has 1 saturated heterocycles. The van der Waals surface area contributed by atoms with Crippen LogP contribution in [0.1, 0.15) is 18.4 Å². The molecule has 0 radical (unpaired) electrons. The fraction of sp³-hybridized carbons (Fsp3) is 0.583. The minimum absolute atomic E-state index is 0.528. The van der Waals surface area contributed by atoms with E-state index in [4.69, 9.17) is 9.47 Å². The van der Waals surface area contributed by atoms with Crippen molar-refractivity contribution in [2.24, 2.45) is 5.92 Å². The van der Waals surface area contributed by atoms with Crippen molar-refractivity contribution in [3.8, 4) is 5.88 Å². The van der Waals surface area contributed by atoms with Gasteiger partial charge in [-0.3, -0.25) is 0 Å². The van der Waals surface area contributed by atoms with Gasteiger partial charge in [0.25, 0.3) is 0 Å². The van der Waals surface area contributed by atoms with Gasteiger partial charge in [0.2, 0.25) is 5.88 Å². The monoisotopic (exact) mass is 207 g/mol. The van der Waals surface area contributed by atoms with Gasteiger partial charge in [-0.25, -0.2) is 4.98 Å². The average molecular weight is 207 g/mol. The third kappa shape index (κ3) is 2.93. The van der Waals surface area contributed by atoms with E-state index < -0.39 is 0 Å². The first-order valence-electron chi connectivity index (χ1n) is 5.48. The summed E-state index contributed by atoms with van der Waals surface area (Å²) in [4.78, 5) is 4.20. The zero-order valence-corrected chi connectivity index (χ0v) is 9.11. The van der Waals surface area contributed by atoms with Crippen LogP contribution in [0.3, 0.4) is 0 Å². The Hall–Kier alpha value is -1.09. The Morgan fingerprint density at radius 1 is 1.60 bits per heavy atom. The molecule has 2 heterocycles. The number of rotatable bonds is 3. The van der Waals surface area contributed by atoms with Gasteiger partial charge < -0.3 is 9.47 Å². The van der Waals surface area contributed by atoms with Crippen molar-refractivity contribution in [3.63, 3.8) is 0 Å². The lowest BCUT2D eigenvalue weighted by Crippen LogP contribution is -2.23. The third-order valence-electron chi connectivity index (χ3n) is 2.67. The van der Waals surface area contributed by atoms with Gasteiger partial charge in [0.15, 0.2) is 0 Å². The Balaban J connectivity index is 1.84. The van der Waals surface area contributed by atoms with Gasteiger partial charge in [-0.1, -0.05) is 6.07 Å². The summed E-state index contributed by atoms with van der Waals surface area (Å²) in [5, 5.41) is 0. The molecule has 1 aliphatic heterocycles. The summed E-state index contributed by atoms with van der Waals surface area (Å²) in [5.41, 5.74) is 1.09. The first-order valence-corrected chi connectivity index (χ1v) is 5.48. The van der Waals surface area contributed by atoms with E-state index in [1.807, 2.05) is 19.1 Å². The predicted octanol–water partition coefficient (Wildman–Crippen LogP) is 2.20. The third-order valence-corrected chi connectivity index (χ3v) is 2.67. The number of aromatic nitrogens is 1. The maximum atomic E-state index is 5.69.